The van der Waals surface area contributed by atoms with Crippen LogP contribution in [-0.4, -0.2) is 21.2 Å². The summed E-state index contributed by atoms with van der Waals surface area (Å²) in [4.78, 5) is 14.6. The fraction of sp³-hybridized carbons (Fsp3) is 0.250. The molecule has 1 aromatic heterocycles. The number of aliphatic carboxylic acids is 1. The van der Waals surface area contributed by atoms with Crippen LogP contribution in [-0.2, 0) is 17.6 Å². The lowest BCUT2D eigenvalue weighted by Gasteiger charge is -1.96. The van der Waals surface area contributed by atoms with Gasteiger partial charge in [0, 0.05) is 17.3 Å². The number of carboxylic acids is 1. The zero-order chi connectivity index (χ0) is 13.0. The first kappa shape index (κ1) is 12.8. The van der Waals surface area contributed by atoms with Crippen LogP contribution in [0.1, 0.15) is 23.7 Å². The van der Waals surface area contributed by atoms with Crippen molar-refractivity contribution in [3.05, 3.63) is 46.0 Å². The minimum absolute atomic E-state index is 0.0000822. The Labute approximate surface area is 112 Å². The van der Waals surface area contributed by atoms with E-state index in [-0.39, 0.29) is 12.8 Å². The third-order valence-corrected chi connectivity index (χ3v) is 2.87. The summed E-state index contributed by atoms with van der Waals surface area (Å²) in [5.41, 5.74) is 1.07. The van der Waals surface area contributed by atoms with E-state index in [4.69, 9.17) is 9.63 Å². The zero-order valence-corrected chi connectivity index (χ0v) is 11.1. The van der Waals surface area contributed by atoms with Crippen LogP contribution >= 0.6 is 15.9 Å². The van der Waals surface area contributed by atoms with Gasteiger partial charge in [0.15, 0.2) is 5.82 Å². The average molecular weight is 311 g/mol. The highest BCUT2D eigenvalue weighted by molar-refractivity contribution is 9.10. The van der Waals surface area contributed by atoms with E-state index >= 15 is 0 Å². The monoisotopic (exact) mass is 310 g/mol. The molecule has 0 aliphatic rings. The van der Waals surface area contributed by atoms with Crippen LogP contribution < -0.4 is 0 Å². The molecule has 5 nitrogen and oxygen atoms in total. The fourth-order valence-electron chi connectivity index (χ4n) is 1.46. The quantitative estimate of drug-likeness (QED) is 0.918. The number of rotatable bonds is 5. The summed E-state index contributed by atoms with van der Waals surface area (Å²) >= 11 is 3.36. The molecule has 0 fully saturated rings. The summed E-state index contributed by atoms with van der Waals surface area (Å²) in [5.74, 6) is 0.0601. The van der Waals surface area contributed by atoms with Crippen molar-refractivity contribution in [3.8, 4) is 0 Å². The standard InChI is InChI=1S/C12H11BrN2O3/c13-9-3-1-8(2-4-9)7-10-14-11(18-15-10)5-6-12(16)17/h1-4H,5-7H2,(H,16,17). The van der Waals surface area contributed by atoms with Crippen molar-refractivity contribution >= 4 is 21.9 Å². The van der Waals surface area contributed by atoms with Gasteiger partial charge in [-0.3, -0.25) is 4.79 Å². The highest BCUT2D eigenvalue weighted by Gasteiger charge is 2.08. The second kappa shape index (κ2) is 5.77. The lowest BCUT2D eigenvalue weighted by molar-refractivity contribution is -0.137. The molecular weight excluding hydrogens is 300 g/mol. The predicted octanol–water partition coefficient (Wildman–Crippen LogP) is 2.44. The average Bonchev–Trinajstić information content (AvgIpc) is 2.77. The molecule has 0 radical (unpaired) electrons. The van der Waals surface area contributed by atoms with Crippen LogP contribution in [0.4, 0.5) is 0 Å². The largest absolute Gasteiger partial charge is 0.481 e. The van der Waals surface area contributed by atoms with Gasteiger partial charge in [-0.1, -0.05) is 33.2 Å². The van der Waals surface area contributed by atoms with Crippen molar-refractivity contribution in [2.75, 3.05) is 0 Å². The van der Waals surface area contributed by atoms with E-state index in [1.54, 1.807) is 0 Å². The highest BCUT2D eigenvalue weighted by Crippen LogP contribution is 2.13. The number of hydrogen-bond donors (Lipinski definition) is 1. The summed E-state index contributed by atoms with van der Waals surface area (Å²) in [6, 6.07) is 7.83. The van der Waals surface area contributed by atoms with Gasteiger partial charge in [-0.25, -0.2) is 0 Å². The second-order valence-corrected chi connectivity index (χ2v) is 4.72. The number of aromatic nitrogens is 2. The molecule has 0 saturated heterocycles. The summed E-state index contributed by atoms with van der Waals surface area (Å²) < 4.78 is 5.99. The van der Waals surface area contributed by atoms with E-state index in [0.717, 1.165) is 10.0 Å². The number of halogens is 1. The molecule has 0 aliphatic carbocycles. The fourth-order valence-corrected chi connectivity index (χ4v) is 1.73. The molecule has 0 spiro atoms. The topological polar surface area (TPSA) is 76.2 Å². The van der Waals surface area contributed by atoms with Gasteiger partial charge in [0.1, 0.15) is 0 Å². The maximum Gasteiger partial charge on any atom is 0.303 e. The minimum Gasteiger partial charge on any atom is -0.481 e. The number of hydrogen-bond acceptors (Lipinski definition) is 4. The van der Waals surface area contributed by atoms with Crippen molar-refractivity contribution in [1.29, 1.82) is 0 Å². The molecule has 0 amide bonds. The smallest absolute Gasteiger partial charge is 0.303 e. The molecule has 2 aromatic rings. The van der Waals surface area contributed by atoms with Gasteiger partial charge in [-0.05, 0) is 17.7 Å². The molecule has 0 saturated carbocycles. The van der Waals surface area contributed by atoms with Crippen molar-refractivity contribution in [2.24, 2.45) is 0 Å². The molecule has 2 rings (SSSR count). The maximum absolute atomic E-state index is 10.4. The van der Waals surface area contributed by atoms with Crippen LogP contribution in [0.25, 0.3) is 0 Å². The van der Waals surface area contributed by atoms with Gasteiger partial charge < -0.3 is 9.63 Å². The maximum atomic E-state index is 10.4. The molecule has 0 unspecified atom stereocenters. The lowest BCUT2D eigenvalue weighted by atomic mass is 10.1. The molecule has 6 heteroatoms. The lowest BCUT2D eigenvalue weighted by Crippen LogP contribution is -1.98. The summed E-state index contributed by atoms with van der Waals surface area (Å²) in [6.45, 7) is 0. The number of benzene rings is 1. The Hall–Kier alpha value is -1.69. The summed E-state index contributed by atoms with van der Waals surface area (Å²) in [5, 5.41) is 12.4. The van der Waals surface area contributed by atoms with E-state index in [0.29, 0.717) is 18.1 Å². The number of nitrogens with zero attached hydrogens (tertiary/aromatic N) is 2. The predicted molar refractivity (Wildman–Crippen MR) is 67.2 cm³/mol. The van der Waals surface area contributed by atoms with Gasteiger partial charge >= 0.3 is 5.97 Å². The van der Waals surface area contributed by atoms with Crippen LogP contribution in [0.15, 0.2) is 33.3 Å². The van der Waals surface area contributed by atoms with E-state index in [1.807, 2.05) is 24.3 Å². The normalized spacial score (nSPS) is 10.5. The molecule has 94 valence electrons. The van der Waals surface area contributed by atoms with Crippen molar-refractivity contribution in [3.63, 3.8) is 0 Å². The summed E-state index contributed by atoms with van der Waals surface area (Å²) in [7, 11) is 0. The van der Waals surface area contributed by atoms with Gasteiger partial charge in [-0.2, -0.15) is 4.98 Å². The van der Waals surface area contributed by atoms with E-state index in [2.05, 4.69) is 26.1 Å². The Morgan fingerprint density at radius 1 is 1.33 bits per heavy atom. The Morgan fingerprint density at radius 2 is 2.06 bits per heavy atom. The Balaban J connectivity index is 1.97. The van der Waals surface area contributed by atoms with E-state index in [9.17, 15) is 4.79 Å². The third-order valence-electron chi connectivity index (χ3n) is 2.34. The SMILES string of the molecule is O=C(O)CCc1nc(Cc2ccc(Br)cc2)no1. The molecule has 1 aromatic carbocycles. The Morgan fingerprint density at radius 3 is 2.72 bits per heavy atom. The molecule has 18 heavy (non-hydrogen) atoms. The second-order valence-electron chi connectivity index (χ2n) is 3.80. The first-order valence-corrected chi connectivity index (χ1v) is 6.20. The summed E-state index contributed by atoms with van der Waals surface area (Å²) in [6.07, 6.45) is 0.840. The number of aryl methyl sites for hydroxylation is 1. The van der Waals surface area contributed by atoms with Crippen LogP contribution in [0.2, 0.25) is 0 Å². The van der Waals surface area contributed by atoms with E-state index in [1.165, 1.54) is 0 Å². The number of carboxylic acid groups (broad SMARTS) is 1. The molecular formula is C12H11BrN2O3. The van der Waals surface area contributed by atoms with Crippen LogP contribution in [0.3, 0.4) is 0 Å². The molecule has 1 N–H and O–H groups in total. The molecule has 1 heterocycles. The highest BCUT2D eigenvalue weighted by atomic mass is 79.9. The zero-order valence-electron chi connectivity index (χ0n) is 9.47. The van der Waals surface area contributed by atoms with Crippen molar-refractivity contribution in [2.45, 2.75) is 19.3 Å². The van der Waals surface area contributed by atoms with Gasteiger partial charge in [0.25, 0.3) is 0 Å². The molecule has 0 aliphatic heterocycles. The van der Waals surface area contributed by atoms with Gasteiger partial charge in [0.2, 0.25) is 5.89 Å². The Kier molecular flexibility index (Phi) is 4.09. The third kappa shape index (κ3) is 3.66. The molecule has 0 bridgehead atoms. The van der Waals surface area contributed by atoms with Crippen molar-refractivity contribution < 1.29 is 14.4 Å². The van der Waals surface area contributed by atoms with Crippen LogP contribution in [0, 0.1) is 0 Å². The van der Waals surface area contributed by atoms with E-state index < -0.39 is 5.97 Å². The number of carbonyl (C=O) groups is 1. The van der Waals surface area contributed by atoms with Gasteiger partial charge in [-0.15, -0.1) is 0 Å². The van der Waals surface area contributed by atoms with Gasteiger partial charge in [0.05, 0.1) is 6.42 Å². The van der Waals surface area contributed by atoms with Crippen LogP contribution in [0.5, 0.6) is 0 Å². The first-order chi connectivity index (χ1) is 8.63. The first-order valence-electron chi connectivity index (χ1n) is 5.41. The molecule has 0 atom stereocenters. The Bertz CT molecular complexity index is 537. The van der Waals surface area contributed by atoms with Crippen molar-refractivity contribution in [1.82, 2.24) is 10.1 Å². The minimum atomic E-state index is -0.873.